The first-order chi connectivity index (χ1) is 8.80. The third kappa shape index (κ3) is 5.31. The van der Waals surface area contributed by atoms with Crippen LogP contribution in [0.5, 0.6) is 5.88 Å². The molecule has 0 unspecified atom stereocenters. The van der Waals surface area contributed by atoms with E-state index in [1.165, 1.54) is 19.3 Å². The molecule has 1 heterocycles. The zero-order valence-electron chi connectivity index (χ0n) is 11.6. The first-order valence-electron chi connectivity index (χ1n) is 6.62. The van der Waals surface area contributed by atoms with E-state index >= 15 is 0 Å². The summed E-state index contributed by atoms with van der Waals surface area (Å²) in [6.45, 7) is 8.77. The Bertz CT molecular complexity index is 329. The summed E-state index contributed by atoms with van der Waals surface area (Å²) in [5.74, 6) is 1.42. The van der Waals surface area contributed by atoms with E-state index in [4.69, 9.17) is 4.74 Å². The van der Waals surface area contributed by atoms with Crippen LogP contribution < -0.4 is 10.1 Å². The van der Waals surface area contributed by atoms with Gasteiger partial charge in [-0.1, -0.05) is 13.8 Å². The standard InChI is InChI=1S/C13H24N4O/c1-4-17(5-2)9-7-6-8-14-12-10-13(18-3)16-11-15-12/h10-11H,4-9H2,1-3H3,(H,14,15,16). The molecular weight excluding hydrogens is 228 g/mol. The van der Waals surface area contributed by atoms with Crippen LogP contribution in [0.15, 0.2) is 12.4 Å². The molecule has 0 aromatic carbocycles. The molecule has 0 aliphatic heterocycles. The third-order valence-corrected chi connectivity index (χ3v) is 2.95. The number of unbranched alkanes of at least 4 members (excludes halogenated alkanes) is 1. The van der Waals surface area contributed by atoms with Gasteiger partial charge in [0, 0.05) is 12.6 Å². The van der Waals surface area contributed by atoms with Crippen molar-refractivity contribution in [2.45, 2.75) is 26.7 Å². The Morgan fingerprint density at radius 2 is 2.00 bits per heavy atom. The van der Waals surface area contributed by atoms with E-state index in [0.29, 0.717) is 5.88 Å². The molecule has 0 saturated carbocycles. The van der Waals surface area contributed by atoms with Gasteiger partial charge in [-0.2, -0.15) is 0 Å². The van der Waals surface area contributed by atoms with Crippen LogP contribution >= 0.6 is 0 Å². The summed E-state index contributed by atoms with van der Waals surface area (Å²) in [6.07, 6.45) is 3.86. The fourth-order valence-corrected chi connectivity index (χ4v) is 1.76. The second-order valence-electron chi connectivity index (χ2n) is 4.11. The molecule has 102 valence electrons. The van der Waals surface area contributed by atoms with Crippen LogP contribution in [0.4, 0.5) is 5.82 Å². The number of hydrogen-bond donors (Lipinski definition) is 1. The molecular formula is C13H24N4O. The van der Waals surface area contributed by atoms with Crippen LogP contribution in [-0.2, 0) is 0 Å². The van der Waals surface area contributed by atoms with E-state index < -0.39 is 0 Å². The maximum atomic E-state index is 5.05. The van der Waals surface area contributed by atoms with Gasteiger partial charge >= 0.3 is 0 Å². The van der Waals surface area contributed by atoms with Crippen LogP contribution in [0, 0.1) is 0 Å². The second kappa shape index (κ2) is 8.69. The molecule has 0 amide bonds. The van der Waals surface area contributed by atoms with Gasteiger partial charge in [0.25, 0.3) is 0 Å². The summed E-state index contributed by atoms with van der Waals surface area (Å²) in [7, 11) is 1.61. The molecule has 1 rings (SSSR count). The van der Waals surface area contributed by atoms with Crippen LogP contribution in [0.3, 0.4) is 0 Å². The largest absolute Gasteiger partial charge is 0.481 e. The lowest BCUT2D eigenvalue weighted by Crippen LogP contribution is -2.24. The molecule has 0 bridgehead atoms. The summed E-state index contributed by atoms with van der Waals surface area (Å²) in [6, 6.07) is 1.81. The average molecular weight is 252 g/mol. The maximum absolute atomic E-state index is 5.05. The molecule has 0 saturated heterocycles. The van der Waals surface area contributed by atoms with Gasteiger partial charge in [0.1, 0.15) is 12.1 Å². The zero-order chi connectivity index (χ0) is 13.2. The minimum atomic E-state index is 0.593. The van der Waals surface area contributed by atoms with Crippen molar-refractivity contribution in [1.82, 2.24) is 14.9 Å². The Kier molecular flexibility index (Phi) is 7.10. The van der Waals surface area contributed by atoms with Crippen LogP contribution in [0.2, 0.25) is 0 Å². The predicted octanol–water partition coefficient (Wildman–Crippen LogP) is 2.02. The van der Waals surface area contributed by atoms with E-state index in [0.717, 1.165) is 31.9 Å². The smallest absolute Gasteiger partial charge is 0.218 e. The van der Waals surface area contributed by atoms with E-state index in [9.17, 15) is 0 Å². The molecule has 0 radical (unpaired) electrons. The molecule has 5 heteroatoms. The SMILES string of the molecule is CCN(CC)CCCCNc1cc(OC)ncn1. The Morgan fingerprint density at radius 1 is 1.22 bits per heavy atom. The molecule has 1 aromatic heterocycles. The highest BCUT2D eigenvalue weighted by atomic mass is 16.5. The summed E-state index contributed by atoms with van der Waals surface area (Å²) >= 11 is 0. The Morgan fingerprint density at radius 3 is 2.67 bits per heavy atom. The molecule has 0 aliphatic carbocycles. The molecule has 0 atom stereocenters. The second-order valence-corrected chi connectivity index (χ2v) is 4.11. The number of methoxy groups -OCH3 is 1. The van der Waals surface area contributed by atoms with Gasteiger partial charge in [-0.15, -0.1) is 0 Å². The highest BCUT2D eigenvalue weighted by Crippen LogP contribution is 2.09. The normalized spacial score (nSPS) is 10.7. The van der Waals surface area contributed by atoms with Crippen molar-refractivity contribution in [2.75, 3.05) is 38.6 Å². The zero-order valence-corrected chi connectivity index (χ0v) is 11.6. The third-order valence-electron chi connectivity index (χ3n) is 2.95. The molecule has 1 N–H and O–H groups in total. The van der Waals surface area contributed by atoms with E-state index in [1.807, 2.05) is 6.07 Å². The van der Waals surface area contributed by atoms with Gasteiger partial charge in [-0.25, -0.2) is 9.97 Å². The van der Waals surface area contributed by atoms with Crippen LogP contribution in [-0.4, -0.2) is 48.2 Å². The lowest BCUT2D eigenvalue weighted by atomic mass is 10.3. The van der Waals surface area contributed by atoms with Crippen LogP contribution in [0.1, 0.15) is 26.7 Å². The topological polar surface area (TPSA) is 50.3 Å². The fourth-order valence-electron chi connectivity index (χ4n) is 1.76. The minimum absolute atomic E-state index is 0.593. The maximum Gasteiger partial charge on any atom is 0.218 e. The number of anilines is 1. The molecule has 0 spiro atoms. The number of ether oxygens (including phenoxy) is 1. The van der Waals surface area contributed by atoms with Gasteiger partial charge in [-0.3, -0.25) is 0 Å². The number of hydrogen-bond acceptors (Lipinski definition) is 5. The van der Waals surface area contributed by atoms with E-state index in [2.05, 4.69) is 34.0 Å². The summed E-state index contributed by atoms with van der Waals surface area (Å²) in [5.41, 5.74) is 0. The van der Waals surface area contributed by atoms with Crippen molar-refractivity contribution < 1.29 is 4.74 Å². The van der Waals surface area contributed by atoms with Crippen molar-refractivity contribution >= 4 is 5.82 Å². The van der Waals surface area contributed by atoms with Gasteiger partial charge in [0.05, 0.1) is 7.11 Å². The summed E-state index contributed by atoms with van der Waals surface area (Å²) in [5, 5.41) is 3.28. The van der Waals surface area contributed by atoms with Crippen LogP contribution in [0.25, 0.3) is 0 Å². The van der Waals surface area contributed by atoms with Gasteiger partial charge in [0.15, 0.2) is 0 Å². The number of rotatable bonds is 9. The highest BCUT2D eigenvalue weighted by Gasteiger charge is 1.99. The van der Waals surface area contributed by atoms with E-state index in [1.54, 1.807) is 7.11 Å². The summed E-state index contributed by atoms with van der Waals surface area (Å²) < 4.78 is 5.05. The van der Waals surface area contributed by atoms with Crippen molar-refractivity contribution in [1.29, 1.82) is 0 Å². The Balaban J connectivity index is 2.17. The first kappa shape index (κ1) is 14.7. The molecule has 5 nitrogen and oxygen atoms in total. The lowest BCUT2D eigenvalue weighted by Gasteiger charge is -2.17. The molecule has 18 heavy (non-hydrogen) atoms. The van der Waals surface area contributed by atoms with Crippen molar-refractivity contribution in [3.63, 3.8) is 0 Å². The van der Waals surface area contributed by atoms with E-state index in [-0.39, 0.29) is 0 Å². The number of aromatic nitrogens is 2. The van der Waals surface area contributed by atoms with Gasteiger partial charge in [-0.05, 0) is 32.5 Å². The summed E-state index contributed by atoms with van der Waals surface area (Å²) in [4.78, 5) is 10.5. The molecule has 0 fully saturated rings. The Hall–Kier alpha value is -1.36. The number of nitrogens with one attached hydrogen (secondary N) is 1. The van der Waals surface area contributed by atoms with Gasteiger partial charge in [0.2, 0.25) is 5.88 Å². The molecule has 0 aliphatic rings. The van der Waals surface area contributed by atoms with Crippen molar-refractivity contribution in [3.05, 3.63) is 12.4 Å². The highest BCUT2D eigenvalue weighted by molar-refractivity contribution is 5.36. The predicted molar refractivity (Wildman–Crippen MR) is 74.1 cm³/mol. The van der Waals surface area contributed by atoms with Crippen molar-refractivity contribution in [3.8, 4) is 5.88 Å². The molecule has 1 aromatic rings. The minimum Gasteiger partial charge on any atom is -0.481 e. The quantitative estimate of drug-likeness (QED) is 0.681. The lowest BCUT2D eigenvalue weighted by molar-refractivity contribution is 0.298. The fraction of sp³-hybridized carbons (Fsp3) is 0.692. The average Bonchev–Trinajstić information content (AvgIpc) is 2.43. The number of nitrogens with zero attached hydrogens (tertiary/aromatic N) is 3. The van der Waals surface area contributed by atoms with Gasteiger partial charge < -0.3 is 15.0 Å². The van der Waals surface area contributed by atoms with Crippen molar-refractivity contribution in [2.24, 2.45) is 0 Å². The Labute approximate surface area is 110 Å². The monoisotopic (exact) mass is 252 g/mol. The first-order valence-corrected chi connectivity index (χ1v) is 6.62.